The fourth-order valence-corrected chi connectivity index (χ4v) is 7.94. The number of halogens is 1. The zero-order chi connectivity index (χ0) is 38.4. The molecular weight excluding hydrogens is 706 g/mol. The van der Waals surface area contributed by atoms with Gasteiger partial charge in [-0.15, -0.1) is 0 Å². The van der Waals surface area contributed by atoms with Crippen LogP contribution in [0.3, 0.4) is 0 Å². The standard InChI is InChI=1S/C21H26ClNO.C18H22N2S.C4H4O4/c1-21(17-7-4-3-5-8-17,18-10-12-19(22)13-11-18)24-16-14-20-9-6-15-23(20)2;1-14(12-19(2)3)13-20-15-8-4-6-10-17(15)21-18-11-7-5-9-16(18)20;5-3(6)1-2-4(7)8/h3-5,7-8,10-13,20H,6,9,14-16H2,1-2H3;4-11,14H,12-13H2,1-3H3;1-2H,(H,5,6)(H,7,8)/b;;2-1+/t20-,21-;;/m1../s1. The molecule has 6 rings (SSSR count). The van der Waals surface area contributed by atoms with Crippen LogP contribution in [0.15, 0.2) is 125 Å². The van der Waals surface area contributed by atoms with Gasteiger partial charge in [-0.25, -0.2) is 9.59 Å². The number of hydrogen-bond acceptors (Lipinski definition) is 7. The summed E-state index contributed by atoms with van der Waals surface area (Å²) in [6.07, 6.45) is 4.77. The summed E-state index contributed by atoms with van der Waals surface area (Å²) >= 11 is 7.94. The van der Waals surface area contributed by atoms with Crippen molar-refractivity contribution in [1.82, 2.24) is 9.80 Å². The van der Waals surface area contributed by atoms with E-state index in [4.69, 9.17) is 26.6 Å². The van der Waals surface area contributed by atoms with E-state index >= 15 is 0 Å². The van der Waals surface area contributed by atoms with Gasteiger partial charge < -0.3 is 29.6 Å². The molecule has 0 saturated carbocycles. The zero-order valence-electron chi connectivity index (χ0n) is 31.3. The predicted octanol–water partition coefficient (Wildman–Crippen LogP) is 9.30. The Balaban J connectivity index is 0.000000198. The van der Waals surface area contributed by atoms with Crippen LogP contribution in [-0.4, -0.2) is 85.4 Å². The minimum absolute atomic E-state index is 0.455. The number of rotatable bonds is 12. The lowest BCUT2D eigenvalue weighted by molar-refractivity contribution is -0.134. The Bertz CT molecular complexity index is 1730. The van der Waals surface area contributed by atoms with Crippen molar-refractivity contribution >= 4 is 46.7 Å². The lowest BCUT2D eigenvalue weighted by atomic mass is 9.88. The van der Waals surface area contributed by atoms with E-state index in [1.807, 2.05) is 30.0 Å². The fraction of sp³-hybridized carbons (Fsp3) is 0.349. The van der Waals surface area contributed by atoms with Crippen LogP contribution >= 0.6 is 23.4 Å². The van der Waals surface area contributed by atoms with Crippen LogP contribution in [0.2, 0.25) is 5.02 Å². The minimum Gasteiger partial charge on any atom is -0.478 e. The van der Waals surface area contributed by atoms with E-state index in [2.05, 4.69) is 135 Å². The highest BCUT2D eigenvalue weighted by atomic mass is 35.5. The number of fused-ring (bicyclic) bond motifs is 2. The van der Waals surface area contributed by atoms with Crippen molar-refractivity contribution in [2.24, 2.45) is 5.92 Å². The van der Waals surface area contributed by atoms with Gasteiger partial charge in [0.2, 0.25) is 0 Å². The molecule has 53 heavy (non-hydrogen) atoms. The molecule has 0 bridgehead atoms. The number of para-hydroxylation sites is 2. The highest BCUT2D eigenvalue weighted by molar-refractivity contribution is 7.99. The summed E-state index contributed by atoms with van der Waals surface area (Å²) in [4.78, 5) is 29.0. The molecular formula is C43H52ClN3O5S. The van der Waals surface area contributed by atoms with Crippen LogP contribution in [0.4, 0.5) is 11.4 Å². The number of ether oxygens (including phenoxy) is 1. The lowest BCUT2D eigenvalue weighted by Gasteiger charge is -2.35. The molecule has 2 N–H and O–H groups in total. The van der Waals surface area contributed by atoms with Crippen molar-refractivity contribution in [2.75, 3.05) is 52.3 Å². The van der Waals surface area contributed by atoms with Gasteiger partial charge in [0.15, 0.2) is 0 Å². The van der Waals surface area contributed by atoms with Crippen LogP contribution in [0.1, 0.15) is 44.2 Å². The highest BCUT2D eigenvalue weighted by Gasteiger charge is 2.31. The van der Waals surface area contributed by atoms with E-state index in [0.29, 0.717) is 24.1 Å². The number of carboxylic acids is 2. The predicted molar refractivity (Wildman–Crippen MR) is 217 cm³/mol. The van der Waals surface area contributed by atoms with E-state index in [0.717, 1.165) is 36.7 Å². The first-order chi connectivity index (χ1) is 25.4. The Morgan fingerprint density at radius 1 is 0.887 bits per heavy atom. The third-order valence-corrected chi connectivity index (χ3v) is 10.7. The molecule has 3 atom stereocenters. The maximum Gasteiger partial charge on any atom is 0.328 e. The van der Waals surface area contributed by atoms with Gasteiger partial charge in [-0.1, -0.05) is 97.0 Å². The quantitative estimate of drug-likeness (QED) is 0.137. The average molecular weight is 758 g/mol. The molecule has 1 unspecified atom stereocenters. The molecule has 1 fully saturated rings. The van der Waals surface area contributed by atoms with E-state index in [1.165, 1.54) is 46.1 Å². The maximum atomic E-state index is 9.55. The molecule has 0 aliphatic carbocycles. The number of nitrogens with zero attached hydrogens (tertiary/aromatic N) is 3. The van der Waals surface area contributed by atoms with Crippen molar-refractivity contribution in [3.63, 3.8) is 0 Å². The number of likely N-dealkylation sites (tertiary alicyclic amines) is 1. The second-order valence-corrected chi connectivity index (χ2v) is 15.4. The molecule has 2 aliphatic heterocycles. The van der Waals surface area contributed by atoms with E-state index < -0.39 is 17.5 Å². The van der Waals surface area contributed by atoms with Gasteiger partial charge in [0.05, 0.1) is 11.4 Å². The number of aliphatic carboxylic acids is 2. The number of carbonyl (C=O) groups is 2. The molecule has 0 amide bonds. The van der Waals surface area contributed by atoms with Gasteiger partial charge in [0.25, 0.3) is 0 Å². The second-order valence-electron chi connectivity index (χ2n) is 13.8. The fourth-order valence-electron chi connectivity index (χ4n) is 6.71. The summed E-state index contributed by atoms with van der Waals surface area (Å²) in [6, 6.07) is 36.5. The number of anilines is 2. The molecule has 0 radical (unpaired) electrons. The van der Waals surface area contributed by atoms with Crippen molar-refractivity contribution in [3.8, 4) is 0 Å². The van der Waals surface area contributed by atoms with Crippen LogP contribution < -0.4 is 4.90 Å². The monoisotopic (exact) mass is 757 g/mol. The number of benzene rings is 4. The van der Waals surface area contributed by atoms with Gasteiger partial charge in [-0.2, -0.15) is 0 Å². The van der Waals surface area contributed by atoms with E-state index in [1.54, 1.807) is 0 Å². The van der Waals surface area contributed by atoms with Crippen molar-refractivity contribution < 1.29 is 24.5 Å². The molecule has 2 aliphatic rings. The van der Waals surface area contributed by atoms with Crippen molar-refractivity contribution in [2.45, 2.75) is 54.5 Å². The van der Waals surface area contributed by atoms with Gasteiger partial charge in [0, 0.05) is 52.7 Å². The Morgan fingerprint density at radius 3 is 1.92 bits per heavy atom. The first-order valence-corrected chi connectivity index (χ1v) is 19.1. The van der Waals surface area contributed by atoms with Crippen LogP contribution in [-0.2, 0) is 19.9 Å². The van der Waals surface area contributed by atoms with Gasteiger partial charge in [-0.3, -0.25) is 0 Å². The molecule has 282 valence electrons. The lowest BCUT2D eigenvalue weighted by Crippen LogP contribution is -2.31. The summed E-state index contributed by atoms with van der Waals surface area (Å²) in [5.74, 6) is -1.90. The largest absolute Gasteiger partial charge is 0.478 e. The average Bonchev–Trinajstić information content (AvgIpc) is 3.55. The summed E-state index contributed by atoms with van der Waals surface area (Å²) < 4.78 is 6.48. The summed E-state index contributed by atoms with van der Waals surface area (Å²) in [6.45, 7) is 8.60. The Morgan fingerprint density at radius 2 is 1.42 bits per heavy atom. The van der Waals surface area contributed by atoms with Crippen LogP contribution in [0, 0.1) is 5.92 Å². The zero-order valence-corrected chi connectivity index (χ0v) is 32.9. The summed E-state index contributed by atoms with van der Waals surface area (Å²) in [7, 11) is 6.50. The topological polar surface area (TPSA) is 93.5 Å². The van der Waals surface area contributed by atoms with Crippen molar-refractivity contribution in [3.05, 3.63) is 131 Å². The SMILES string of the molecule is CC(CN(C)C)CN1c2ccccc2Sc2ccccc21.CN1CCC[C@@H]1CCO[C@](C)(c1ccccc1)c1ccc(Cl)cc1.O=C(O)/C=C/C(=O)O. The third kappa shape index (κ3) is 12.5. The molecule has 10 heteroatoms. The maximum absolute atomic E-state index is 9.55. The van der Waals surface area contributed by atoms with Crippen molar-refractivity contribution in [1.29, 1.82) is 0 Å². The molecule has 2 heterocycles. The Labute approximate surface area is 324 Å². The minimum atomic E-state index is -1.26. The van der Waals surface area contributed by atoms with Gasteiger partial charge >= 0.3 is 11.9 Å². The van der Waals surface area contributed by atoms with E-state index in [9.17, 15) is 9.59 Å². The molecule has 4 aromatic rings. The molecule has 4 aromatic carbocycles. The first-order valence-electron chi connectivity index (χ1n) is 17.9. The second kappa shape index (κ2) is 20.4. The summed E-state index contributed by atoms with van der Waals surface area (Å²) in [5, 5.41) is 16.4. The smallest absolute Gasteiger partial charge is 0.328 e. The Hall–Kier alpha value is -4.12. The van der Waals surface area contributed by atoms with E-state index in [-0.39, 0.29) is 0 Å². The van der Waals surface area contributed by atoms with Gasteiger partial charge in [0.1, 0.15) is 5.60 Å². The molecule has 0 aromatic heterocycles. The molecule has 1 saturated heterocycles. The molecule has 0 spiro atoms. The first kappa shape index (κ1) is 41.6. The Kier molecular flexibility index (Phi) is 16.0. The number of carboxylic acid groups (broad SMARTS) is 2. The molecule has 8 nitrogen and oxygen atoms in total. The van der Waals surface area contributed by atoms with Gasteiger partial charge in [-0.05, 0) is 107 Å². The highest BCUT2D eigenvalue weighted by Crippen LogP contribution is 2.48. The van der Waals surface area contributed by atoms with Crippen LogP contribution in [0.25, 0.3) is 0 Å². The van der Waals surface area contributed by atoms with Crippen LogP contribution in [0.5, 0.6) is 0 Å². The third-order valence-electron chi connectivity index (χ3n) is 9.30. The number of hydrogen-bond donors (Lipinski definition) is 2. The normalized spacial score (nSPS) is 16.7. The summed E-state index contributed by atoms with van der Waals surface area (Å²) in [5.41, 5.74) is 4.53.